The van der Waals surface area contributed by atoms with E-state index in [2.05, 4.69) is 122 Å². The Bertz CT molecular complexity index is 1360. The number of amides is 2. The maximum Gasteiger partial charge on any atom is 0.220 e. The van der Waals surface area contributed by atoms with Gasteiger partial charge in [0.15, 0.2) is 0 Å². The first-order valence-electron chi connectivity index (χ1n) is 20.1. The average Bonchev–Trinajstić information content (AvgIpc) is 2.90. The lowest BCUT2D eigenvalue weighted by Crippen LogP contribution is -2.63. The maximum absolute atomic E-state index is 15.4. The summed E-state index contributed by atoms with van der Waals surface area (Å²) in [7, 11) is 0. The lowest BCUT2D eigenvalue weighted by atomic mass is 9.66. The van der Waals surface area contributed by atoms with Crippen LogP contribution >= 0.6 is 0 Å². The van der Waals surface area contributed by atoms with Gasteiger partial charge in [0.25, 0.3) is 0 Å². The second-order valence-electron chi connectivity index (χ2n) is 21.2. The molecule has 1 atom stereocenters. The number of ketones is 1. The number of benzene rings is 1. The van der Waals surface area contributed by atoms with E-state index in [4.69, 9.17) is 11.3 Å². The number of carbonyl (C=O) groups is 3. The molecule has 2 aliphatic heterocycles. The number of hydrogen-bond donors (Lipinski definition) is 0. The van der Waals surface area contributed by atoms with E-state index in [0.717, 1.165) is 31.2 Å². The van der Waals surface area contributed by atoms with Crippen LogP contribution in [0.4, 0.5) is 0 Å². The van der Waals surface area contributed by atoms with Crippen LogP contribution in [0.25, 0.3) is 0 Å². The maximum atomic E-state index is 15.4. The molecule has 2 saturated heterocycles. The molecule has 1 unspecified atom stereocenters. The van der Waals surface area contributed by atoms with Gasteiger partial charge < -0.3 is 14.5 Å². The molecule has 6 heteroatoms. The van der Waals surface area contributed by atoms with E-state index in [9.17, 15) is 9.59 Å². The van der Waals surface area contributed by atoms with Crippen LogP contribution in [0, 0.1) is 11.3 Å². The SMILES string of the molecule is C=C(OC1CC(C)(C)N(C(C)=O)C(C)(C)C1)C(CCCC)(Cc1cc(C(C)(C)C)cc(C(C)(C)C)c1)C(=O)CC1CC(C)(C)N(C(C)=O)C(C)(C)C1. The van der Waals surface area contributed by atoms with Gasteiger partial charge in [0.05, 0.1) is 5.41 Å². The van der Waals surface area contributed by atoms with E-state index in [-0.39, 0.29) is 51.5 Å². The molecule has 2 aliphatic rings. The van der Waals surface area contributed by atoms with Crippen molar-refractivity contribution in [3.05, 3.63) is 47.2 Å². The molecule has 0 spiro atoms. The van der Waals surface area contributed by atoms with Gasteiger partial charge >= 0.3 is 0 Å². The molecule has 1 aromatic rings. The van der Waals surface area contributed by atoms with Gasteiger partial charge in [-0.3, -0.25) is 14.4 Å². The molecule has 0 N–H and O–H groups in total. The quantitative estimate of drug-likeness (QED) is 0.213. The molecular formula is C46H76N2O4. The highest BCUT2D eigenvalue weighted by molar-refractivity contribution is 5.88. The molecule has 2 heterocycles. The number of allylic oxidation sites excluding steroid dienone is 1. The monoisotopic (exact) mass is 721 g/mol. The van der Waals surface area contributed by atoms with Crippen LogP contribution in [0.15, 0.2) is 30.5 Å². The van der Waals surface area contributed by atoms with Crippen LogP contribution in [-0.2, 0) is 36.4 Å². The predicted octanol–water partition coefficient (Wildman–Crippen LogP) is 10.9. The van der Waals surface area contributed by atoms with E-state index < -0.39 is 16.5 Å². The third-order valence-corrected chi connectivity index (χ3v) is 12.1. The summed E-state index contributed by atoms with van der Waals surface area (Å²) in [5.74, 6) is 1.02. The molecule has 6 nitrogen and oxygen atoms in total. The Balaban J connectivity index is 2.19. The number of rotatable bonds is 11. The summed E-state index contributed by atoms with van der Waals surface area (Å²) in [6.45, 7) is 40.7. The third-order valence-electron chi connectivity index (χ3n) is 12.1. The fraction of sp³-hybridized carbons (Fsp3) is 0.761. The Morgan fingerprint density at radius 3 is 1.50 bits per heavy atom. The minimum atomic E-state index is -0.931. The van der Waals surface area contributed by atoms with Crippen molar-refractivity contribution in [1.82, 2.24) is 9.80 Å². The number of hydrogen-bond acceptors (Lipinski definition) is 4. The largest absolute Gasteiger partial charge is 0.494 e. The number of carbonyl (C=O) groups excluding carboxylic acids is 3. The lowest BCUT2D eigenvalue weighted by Gasteiger charge is -2.55. The minimum Gasteiger partial charge on any atom is -0.494 e. The average molecular weight is 721 g/mol. The molecule has 294 valence electrons. The van der Waals surface area contributed by atoms with Gasteiger partial charge in [0.2, 0.25) is 11.8 Å². The van der Waals surface area contributed by atoms with Gasteiger partial charge in [-0.25, -0.2) is 0 Å². The molecule has 2 fully saturated rings. The van der Waals surface area contributed by atoms with E-state index in [1.54, 1.807) is 13.8 Å². The molecule has 3 rings (SSSR count). The summed E-state index contributed by atoms with van der Waals surface area (Å²) in [4.78, 5) is 45.2. The molecule has 0 aromatic heterocycles. The van der Waals surface area contributed by atoms with Crippen molar-refractivity contribution in [2.24, 2.45) is 11.3 Å². The van der Waals surface area contributed by atoms with Crippen molar-refractivity contribution in [2.45, 2.75) is 215 Å². The molecule has 52 heavy (non-hydrogen) atoms. The zero-order valence-electron chi connectivity index (χ0n) is 36.5. The number of nitrogens with zero attached hydrogens (tertiary/aromatic N) is 2. The highest BCUT2D eigenvalue weighted by atomic mass is 16.5. The molecule has 0 saturated carbocycles. The van der Waals surface area contributed by atoms with Crippen LogP contribution in [0.2, 0.25) is 0 Å². The van der Waals surface area contributed by atoms with E-state index in [1.165, 1.54) is 11.1 Å². The van der Waals surface area contributed by atoms with Gasteiger partial charge in [-0.15, -0.1) is 0 Å². The Morgan fingerprint density at radius 2 is 1.13 bits per heavy atom. The van der Waals surface area contributed by atoms with Crippen LogP contribution in [0.3, 0.4) is 0 Å². The number of ether oxygens (including phenoxy) is 1. The third kappa shape index (κ3) is 9.53. The Labute approximate surface area is 318 Å². The van der Waals surface area contributed by atoms with Gasteiger partial charge in [0, 0.05) is 55.3 Å². The first-order valence-corrected chi connectivity index (χ1v) is 20.1. The summed E-state index contributed by atoms with van der Waals surface area (Å²) in [5.41, 5.74) is 1.03. The molecular weight excluding hydrogens is 645 g/mol. The van der Waals surface area contributed by atoms with E-state index in [1.807, 2.05) is 9.80 Å². The normalized spacial score (nSPS) is 21.7. The second-order valence-corrected chi connectivity index (χ2v) is 21.2. The minimum absolute atomic E-state index is 0.0646. The summed E-state index contributed by atoms with van der Waals surface area (Å²) < 4.78 is 7.05. The highest BCUT2D eigenvalue weighted by Crippen LogP contribution is 2.48. The van der Waals surface area contributed by atoms with Crippen molar-refractivity contribution in [1.29, 1.82) is 0 Å². The number of Topliss-reactive ketones (excluding diaryl/α,β-unsaturated/α-hetero) is 1. The summed E-state index contributed by atoms with van der Waals surface area (Å²) in [6, 6.07) is 6.96. The zero-order valence-corrected chi connectivity index (χ0v) is 36.5. The predicted molar refractivity (Wildman–Crippen MR) is 216 cm³/mol. The number of likely N-dealkylation sites (tertiary alicyclic amines) is 2. The zero-order chi connectivity index (χ0) is 40.0. The van der Waals surface area contributed by atoms with Crippen molar-refractivity contribution >= 4 is 17.6 Å². The van der Waals surface area contributed by atoms with Crippen LogP contribution < -0.4 is 0 Å². The van der Waals surface area contributed by atoms with Crippen molar-refractivity contribution in [3.8, 4) is 0 Å². The van der Waals surface area contributed by atoms with Crippen LogP contribution in [-0.4, -0.2) is 55.7 Å². The number of unbranched alkanes of at least 4 members (excludes halogenated alkanes) is 1. The van der Waals surface area contributed by atoms with Gasteiger partial charge in [-0.05, 0) is 115 Å². The molecule has 0 aliphatic carbocycles. The van der Waals surface area contributed by atoms with Crippen molar-refractivity contribution in [2.75, 3.05) is 0 Å². The van der Waals surface area contributed by atoms with E-state index in [0.29, 0.717) is 37.9 Å². The molecule has 1 aromatic carbocycles. The molecule has 0 radical (unpaired) electrons. The first kappa shape index (κ1) is 43.8. The topological polar surface area (TPSA) is 66.9 Å². The van der Waals surface area contributed by atoms with Crippen LogP contribution in [0.5, 0.6) is 0 Å². The van der Waals surface area contributed by atoms with Gasteiger partial charge in [-0.1, -0.05) is 86.1 Å². The summed E-state index contributed by atoms with van der Waals surface area (Å²) >= 11 is 0. The van der Waals surface area contributed by atoms with Crippen LogP contribution in [0.1, 0.15) is 186 Å². The van der Waals surface area contributed by atoms with E-state index >= 15 is 4.79 Å². The van der Waals surface area contributed by atoms with Gasteiger partial charge in [-0.2, -0.15) is 0 Å². The fourth-order valence-corrected chi connectivity index (χ4v) is 10.6. The standard InChI is InChI=1S/C46H76N2O4/c1-19-20-21-46(28-34-22-36(40(5,6)7)25-37(23-34)41(8,9)10,31(2)52-38-29-44(15,16)48(33(4)50)45(17,18)30-38)39(51)24-35-26-42(11,12)47(32(3)49)43(13,14)27-35/h22-23,25,35,38H,2,19-21,24,26-30H2,1,3-18H3. The Hall–Kier alpha value is -2.63. The Kier molecular flexibility index (Phi) is 12.5. The van der Waals surface area contributed by atoms with Crippen molar-refractivity contribution < 1.29 is 19.1 Å². The van der Waals surface area contributed by atoms with Crippen molar-refractivity contribution in [3.63, 3.8) is 0 Å². The second kappa shape index (κ2) is 14.9. The lowest BCUT2D eigenvalue weighted by molar-refractivity contribution is -0.155. The Morgan fingerprint density at radius 1 is 0.731 bits per heavy atom. The first-order chi connectivity index (χ1) is 23.4. The summed E-state index contributed by atoms with van der Waals surface area (Å²) in [6.07, 6.45) is 6.07. The molecule has 0 bridgehead atoms. The number of piperidine rings is 2. The molecule has 2 amide bonds. The fourth-order valence-electron chi connectivity index (χ4n) is 10.6. The smallest absolute Gasteiger partial charge is 0.220 e. The highest BCUT2D eigenvalue weighted by Gasteiger charge is 2.52. The summed E-state index contributed by atoms with van der Waals surface area (Å²) in [5, 5.41) is 0. The van der Waals surface area contributed by atoms with Gasteiger partial charge in [0.1, 0.15) is 17.6 Å².